The van der Waals surface area contributed by atoms with Gasteiger partial charge in [-0.05, 0) is 63.7 Å². The van der Waals surface area contributed by atoms with Gasteiger partial charge in [-0.25, -0.2) is 4.21 Å². The minimum absolute atomic E-state index is 0.0459. The molecule has 4 rings (SSSR count). The van der Waals surface area contributed by atoms with E-state index < -0.39 is 28.2 Å². The zero-order valence-electron chi connectivity index (χ0n) is 25.7. The van der Waals surface area contributed by atoms with Gasteiger partial charge in [0, 0.05) is 19.1 Å². The molecule has 5 N–H and O–H groups in total. The van der Waals surface area contributed by atoms with Gasteiger partial charge in [-0.15, -0.1) is 0 Å². The quantitative estimate of drug-likeness (QED) is 0.191. The average Bonchev–Trinajstić information content (AvgIpc) is 3.65. The van der Waals surface area contributed by atoms with Gasteiger partial charge in [-0.3, -0.25) is 14.4 Å². The van der Waals surface area contributed by atoms with E-state index in [0.717, 1.165) is 83.5 Å². The van der Waals surface area contributed by atoms with Crippen LogP contribution in [0.3, 0.4) is 0 Å². The fourth-order valence-electron chi connectivity index (χ4n) is 7.42. The van der Waals surface area contributed by atoms with E-state index in [1.165, 1.54) is 0 Å². The summed E-state index contributed by atoms with van der Waals surface area (Å²) in [5, 5.41) is 13.0. The average molecular weight is 608 g/mol. The predicted octanol–water partition coefficient (Wildman–Crippen LogP) is 3.31. The Labute approximate surface area is 254 Å². The summed E-state index contributed by atoms with van der Waals surface area (Å²) in [5.74, 6) is 0.0645. The molecule has 0 bridgehead atoms. The van der Waals surface area contributed by atoms with Gasteiger partial charge in [0.1, 0.15) is 11.6 Å². The molecule has 4 fully saturated rings. The van der Waals surface area contributed by atoms with Gasteiger partial charge in [-0.2, -0.15) is 0 Å². The third kappa shape index (κ3) is 8.07. The fraction of sp³-hybridized carbons (Fsp3) is 0.839. The molecule has 4 atom stereocenters. The second-order valence-electron chi connectivity index (χ2n) is 13.3. The first kappa shape index (κ1) is 32.8. The smallest absolute Gasteiger partial charge is 0.249 e. The van der Waals surface area contributed by atoms with E-state index in [0.29, 0.717) is 25.2 Å². The topological polar surface area (TPSA) is 140 Å². The molecule has 0 radical (unpaired) electrons. The third-order valence-electron chi connectivity index (χ3n) is 10.0. The lowest BCUT2D eigenvalue weighted by Crippen LogP contribution is -2.65. The maximum atomic E-state index is 14.6. The van der Waals surface area contributed by atoms with Crippen LogP contribution in [0, 0.1) is 11.8 Å². The van der Waals surface area contributed by atoms with Crippen molar-refractivity contribution >= 4 is 28.8 Å². The Morgan fingerprint density at radius 1 is 1.02 bits per heavy atom. The first-order chi connectivity index (χ1) is 20.1. The van der Waals surface area contributed by atoms with Crippen molar-refractivity contribution in [1.82, 2.24) is 26.2 Å². The van der Waals surface area contributed by atoms with Crippen LogP contribution in [-0.4, -0.2) is 73.4 Å². The molecular formula is C31H53N5O5S. The summed E-state index contributed by atoms with van der Waals surface area (Å²) < 4.78 is 21.7. The number of likely N-dealkylation sites (tertiary alicyclic amines) is 1. The molecule has 1 aliphatic heterocycles. The van der Waals surface area contributed by atoms with Crippen molar-refractivity contribution in [3.8, 4) is 0 Å². The van der Waals surface area contributed by atoms with Gasteiger partial charge in [-0.1, -0.05) is 59.0 Å². The van der Waals surface area contributed by atoms with Crippen LogP contribution >= 0.6 is 0 Å². The zero-order chi connectivity index (χ0) is 30.3. The van der Waals surface area contributed by atoms with Crippen LogP contribution in [0.2, 0.25) is 0 Å². The summed E-state index contributed by atoms with van der Waals surface area (Å²) in [4.78, 5) is 42.2. The highest BCUT2D eigenvalue weighted by atomic mass is 32.2. The molecule has 3 aliphatic carbocycles. The molecule has 0 aromatic heterocycles. The lowest BCUT2D eigenvalue weighted by molar-refractivity contribution is -0.146. The van der Waals surface area contributed by atoms with Gasteiger partial charge in [0.05, 0.1) is 23.0 Å². The van der Waals surface area contributed by atoms with Crippen LogP contribution in [0.5, 0.6) is 0 Å². The molecule has 1 saturated heterocycles. The molecule has 0 aromatic rings. The van der Waals surface area contributed by atoms with E-state index in [2.05, 4.69) is 27.8 Å². The second-order valence-corrected chi connectivity index (χ2v) is 14.2. The molecule has 42 heavy (non-hydrogen) atoms. The van der Waals surface area contributed by atoms with E-state index >= 15 is 0 Å². The first-order valence-corrected chi connectivity index (χ1v) is 17.6. The lowest BCUT2D eigenvalue weighted by Gasteiger charge is -2.47. The van der Waals surface area contributed by atoms with E-state index in [4.69, 9.17) is 0 Å². The molecule has 4 aliphatic rings. The Balaban J connectivity index is 1.49. The predicted molar refractivity (Wildman–Crippen MR) is 165 cm³/mol. The summed E-state index contributed by atoms with van der Waals surface area (Å²) in [6.07, 6.45) is 13.6. The summed E-state index contributed by atoms with van der Waals surface area (Å²) in [6, 6.07) is -0.300. The highest BCUT2D eigenvalue weighted by molar-refractivity contribution is 7.79. The number of nitrogens with zero attached hydrogens (tertiary/aromatic N) is 1. The lowest BCUT2D eigenvalue weighted by atomic mass is 9.72. The summed E-state index contributed by atoms with van der Waals surface area (Å²) in [7, 11) is 0. The molecule has 11 heteroatoms. The Morgan fingerprint density at radius 3 is 2.31 bits per heavy atom. The van der Waals surface area contributed by atoms with Crippen molar-refractivity contribution in [2.45, 2.75) is 133 Å². The van der Waals surface area contributed by atoms with Crippen LogP contribution in [0.1, 0.15) is 110 Å². The highest BCUT2D eigenvalue weighted by Crippen LogP contribution is 2.39. The fourth-order valence-corrected chi connectivity index (χ4v) is 8.25. The van der Waals surface area contributed by atoms with Crippen molar-refractivity contribution in [2.24, 2.45) is 11.8 Å². The first-order valence-electron chi connectivity index (χ1n) is 16.3. The molecule has 4 unspecified atom stereocenters. The van der Waals surface area contributed by atoms with Crippen molar-refractivity contribution in [1.29, 1.82) is 0 Å². The van der Waals surface area contributed by atoms with Crippen LogP contribution in [0.15, 0.2) is 12.4 Å². The summed E-state index contributed by atoms with van der Waals surface area (Å²) in [6.45, 7) is 8.88. The van der Waals surface area contributed by atoms with Crippen LogP contribution in [-0.2, 0) is 25.5 Å². The van der Waals surface area contributed by atoms with E-state index in [1.807, 2.05) is 13.8 Å². The number of rotatable bonds is 14. The molecule has 10 nitrogen and oxygen atoms in total. The zero-order valence-corrected chi connectivity index (χ0v) is 26.5. The van der Waals surface area contributed by atoms with Gasteiger partial charge < -0.3 is 30.7 Å². The van der Waals surface area contributed by atoms with Gasteiger partial charge in [0.15, 0.2) is 11.1 Å². The van der Waals surface area contributed by atoms with Crippen LogP contribution in [0.4, 0.5) is 0 Å². The Bertz CT molecular complexity index is 1010. The van der Waals surface area contributed by atoms with Gasteiger partial charge >= 0.3 is 0 Å². The Hall–Kier alpha value is -2.14. The maximum Gasteiger partial charge on any atom is 0.249 e. The number of carbonyl (C=O) groups is 3. The number of hydrogen-bond donors (Lipinski definition) is 5. The SMILES string of the molecule is C=C(NC1(CS(=O)O)CCCCC1)NC(CC)(C(=O)N1CCCC1C(=O)NCC(C)C(=O)NC1CC1)C1CCCCC1. The normalized spacial score (nSPS) is 25.5. The Kier molecular flexibility index (Phi) is 11.4. The molecule has 0 spiro atoms. The van der Waals surface area contributed by atoms with Crippen LogP contribution < -0.4 is 21.3 Å². The monoisotopic (exact) mass is 607 g/mol. The van der Waals surface area contributed by atoms with E-state index in [9.17, 15) is 23.1 Å². The Morgan fingerprint density at radius 2 is 1.69 bits per heavy atom. The number of nitrogens with one attached hydrogen (secondary N) is 4. The highest BCUT2D eigenvalue weighted by Gasteiger charge is 2.50. The number of amides is 3. The largest absolute Gasteiger partial charge is 0.366 e. The van der Waals surface area contributed by atoms with Crippen molar-refractivity contribution in [3.63, 3.8) is 0 Å². The van der Waals surface area contributed by atoms with Crippen molar-refractivity contribution < 1.29 is 23.1 Å². The number of hydrogen-bond acceptors (Lipinski definition) is 6. The minimum Gasteiger partial charge on any atom is -0.366 e. The molecular weight excluding hydrogens is 554 g/mol. The third-order valence-corrected chi connectivity index (χ3v) is 10.8. The summed E-state index contributed by atoms with van der Waals surface area (Å²) >= 11 is -1.95. The van der Waals surface area contributed by atoms with E-state index in [1.54, 1.807) is 4.90 Å². The minimum atomic E-state index is -1.95. The standard InChI is InChI=1S/C31H53N5O5S/c1-4-31(24-12-7-5-8-13-24,35-23(3)34-30(21-42(40)41)17-9-6-10-18-30)29(39)36-19-11-14-26(36)28(38)32-20-22(2)27(37)33-25-15-16-25/h22,24-26,34-35H,3-21H2,1-2H3,(H,32,38)(H,33,37)(H,40,41). The molecule has 0 aromatic carbocycles. The molecule has 3 amide bonds. The summed E-state index contributed by atoms with van der Waals surface area (Å²) in [5.41, 5.74) is -1.46. The van der Waals surface area contributed by atoms with E-state index in [-0.39, 0.29) is 47.9 Å². The molecule has 1 heterocycles. The second kappa shape index (κ2) is 14.6. The van der Waals surface area contributed by atoms with Gasteiger partial charge in [0.25, 0.3) is 0 Å². The maximum absolute atomic E-state index is 14.6. The van der Waals surface area contributed by atoms with Gasteiger partial charge in [0.2, 0.25) is 17.7 Å². The van der Waals surface area contributed by atoms with Crippen molar-refractivity contribution in [3.05, 3.63) is 12.4 Å². The number of carbonyl (C=O) groups excluding carboxylic acids is 3. The molecule has 3 saturated carbocycles. The van der Waals surface area contributed by atoms with Crippen LogP contribution in [0.25, 0.3) is 0 Å². The molecule has 238 valence electrons. The van der Waals surface area contributed by atoms with Crippen molar-refractivity contribution in [2.75, 3.05) is 18.8 Å².